The molecule has 4 nitrogen and oxygen atoms in total. The molecule has 0 aromatic heterocycles. The average Bonchev–Trinajstić information content (AvgIpc) is 2.87. The number of hydrogen-bond donors (Lipinski definition) is 2. The van der Waals surface area contributed by atoms with Gasteiger partial charge in [0.2, 0.25) is 5.91 Å². The Morgan fingerprint density at radius 3 is 2.79 bits per heavy atom. The first-order chi connectivity index (χ1) is 6.75. The molecule has 1 saturated carbocycles. The van der Waals surface area contributed by atoms with E-state index in [2.05, 4.69) is 5.32 Å². The molecule has 0 unspecified atom stereocenters. The van der Waals surface area contributed by atoms with E-state index in [0.29, 0.717) is 19.0 Å². The normalized spacial score (nSPS) is 26.9. The molecule has 80 valence electrons. The van der Waals surface area contributed by atoms with E-state index in [1.165, 1.54) is 12.8 Å². The van der Waals surface area contributed by atoms with Gasteiger partial charge in [-0.15, -0.1) is 0 Å². The van der Waals surface area contributed by atoms with Crippen molar-refractivity contribution < 1.29 is 9.90 Å². The van der Waals surface area contributed by atoms with Crippen LogP contribution in [-0.4, -0.2) is 47.7 Å². The molecular weight excluding hydrogens is 180 g/mol. The predicted molar refractivity (Wildman–Crippen MR) is 52.8 cm³/mol. The number of hydrogen-bond acceptors (Lipinski definition) is 3. The lowest BCUT2D eigenvalue weighted by atomic mass is 10.3. The van der Waals surface area contributed by atoms with Gasteiger partial charge in [-0.3, -0.25) is 4.79 Å². The van der Waals surface area contributed by atoms with E-state index in [0.717, 1.165) is 19.5 Å². The van der Waals surface area contributed by atoms with Gasteiger partial charge < -0.3 is 15.3 Å². The lowest BCUT2D eigenvalue weighted by Gasteiger charge is -2.15. The minimum Gasteiger partial charge on any atom is -0.391 e. The van der Waals surface area contributed by atoms with E-state index < -0.39 is 0 Å². The molecule has 2 N–H and O–H groups in total. The molecule has 2 fully saturated rings. The Kier molecular flexibility index (Phi) is 3.03. The van der Waals surface area contributed by atoms with Crippen LogP contribution < -0.4 is 5.32 Å². The summed E-state index contributed by atoms with van der Waals surface area (Å²) in [6.45, 7) is 2.04. The summed E-state index contributed by atoms with van der Waals surface area (Å²) in [5.74, 6) is 0.176. The smallest absolute Gasteiger partial charge is 0.223 e. The molecule has 1 aliphatic carbocycles. The van der Waals surface area contributed by atoms with Crippen molar-refractivity contribution in [2.45, 2.75) is 37.8 Å². The third-order valence-corrected chi connectivity index (χ3v) is 2.87. The van der Waals surface area contributed by atoms with Gasteiger partial charge in [0.15, 0.2) is 0 Å². The van der Waals surface area contributed by atoms with Crippen molar-refractivity contribution in [2.24, 2.45) is 0 Å². The number of β-amino-alcohol motifs (C(OH)–C–C–N with tert-alkyl or cyclic N) is 1. The van der Waals surface area contributed by atoms with E-state index in [9.17, 15) is 9.90 Å². The van der Waals surface area contributed by atoms with Crippen LogP contribution in [0.15, 0.2) is 0 Å². The number of nitrogens with zero attached hydrogens (tertiary/aromatic N) is 1. The van der Waals surface area contributed by atoms with Gasteiger partial charge in [-0.05, 0) is 19.3 Å². The van der Waals surface area contributed by atoms with Gasteiger partial charge in [0.05, 0.1) is 6.10 Å². The van der Waals surface area contributed by atoms with Crippen LogP contribution in [0.4, 0.5) is 0 Å². The van der Waals surface area contributed by atoms with Crippen molar-refractivity contribution in [1.82, 2.24) is 10.2 Å². The molecule has 0 spiro atoms. The number of amides is 1. The lowest BCUT2D eigenvalue weighted by Crippen LogP contribution is -2.32. The van der Waals surface area contributed by atoms with E-state index in [1.807, 2.05) is 0 Å². The second-order valence-electron chi connectivity index (χ2n) is 4.26. The van der Waals surface area contributed by atoms with Crippen LogP contribution in [0.2, 0.25) is 0 Å². The van der Waals surface area contributed by atoms with Gasteiger partial charge >= 0.3 is 0 Å². The maximum Gasteiger partial charge on any atom is 0.223 e. The molecular formula is C10H18N2O2. The molecule has 1 amide bonds. The van der Waals surface area contributed by atoms with Crippen molar-refractivity contribution >= 4 is 5.91 Å². The number of carbonyl (C=O) groups is 1. The maximum atomic E-state index is 11.6. The molecule has 0 aromatic rings. The summed E-state index contributed by atoms with van der Waals surface area (Å²) in [4.78, 5) is 13.3. The Hall–Kier alpha value is -0.610. The summed E-state index contributed by atoms with van der Waals surface area (Å²) in [6.07, 6.45) is 3.54. The van der Waals surface area contributed by atoms with E-state index in [1.54, 1.807) is 4.90 Å². The van der Waals surface area contributed by atoms with Crippen LogP contribution in [0, 0.1) is 0 Å². The zero-order valence-electron chi connectivity index (χ0n) is 8.41. The summed E-state index contributed by atoms with van der Waals surface area (Å²) in [5.41, 5.74) is 0. The van der Waals surface area contributed by atoms with Crippen molar-refractivity contribution in [3.63, 3.8) is 0 Å². The highest BCUT2D eigenvalue weighted by Gasteiger charge is 2.25. The minimum atomic E-state index is -0.296. The predicted octanol–water partition coefficient (Wildman–Crippen LogP) is -0.278. The Bertz CT molecular complexity index is 216. The number of rotatable bonds is 4. The van der Waals surface area contributed by atoms with Gasteiger partial charge in [-0.25, -0.2) is 0 Å². The van der Waals surface area contributed by atoms with Gasteiger partial charge in [-0.2, -0.15) is 0 Å². The van der Waals surface area contributed by atoms with Gasteiger partial charge in [0.1, 0.15) is 0 Å². The van der Waals surface area contributed by atoms with E-state index in [-0.39, 0.29) is 12.0 Å². The summed E-state index contributed by atoms with van der Waals surface area (Å²) < 4.78 is 0. The molecule has 14 heavy (non-hydrogen) atoms. The van der Waals surface area contributed by atoms with Crippen LogP contribution >= 0.6 is 0 Å². The number of likely N-dealkylation sites (tertiary alicyclic amines) is 1. The van der Waals surface area contributed by atoms with Crippen LogP contribution in [0.1, 0.15) is 25.7 Å². The average molecular weight is 198 g/mol. The maximum absolute atomic E-state index is 11.6. The SMILES string of the molecule is O=C(CCNC1CC1)N1CC[C@H](O)C1. The van der Waals surface area contributed by atoms with Crippen molar-refractivity contribution in [1.29, 1.82) is 0 Å². The minimum absolute atomic E-state index is 0.176. The Morgan fingerprint density at radius 2 is 2.21 bits per heavy atom. The topological polar surface area (TPSA) is 52.6 Å². The highest BCUT2D eigenvalue weighted by molar-refractivity contribution is 5.76. The lowest BCUT2D eigenvalue weighted by molar-refractivity contribution is -0.130. The summed E-state index contributed by atoms with van der Waals surface area (Å²) >= 11 is 0. The number of aliphatic hydroxyl groups is 1. The molecule has 1 saturated heterocycles. The number of nitrogens with one attached hydrogen (secondary N) is 1. The summed E-state index contributed by atoms with van der Waals surface area (Å²) in [6, 6.07) is 0.673. The van der Waals surface area contributed by atoms with Crippen molar-refractivity contribution in [2.75, 3.05) is 19.6 Å². The van der Waals surface area contributed by atoms with E-state index in [4.69, 9.17) is 0 Å². The molecule has 1 aliphatic heterocycles. The number of aliphatic hydroxyl groups excluding tert-OH is 1. The zero-order valence-corrected chi connectivity index (χ0v) is 8.41. The first-order valence-corrected chi connectivity index (χ1v) is 5.45. The first-order valence-electron chi connectivity index (χ1n) is 5.45. The van der Waals surface area contributed by atoms with Crippen LogP contribution in [-0.2, 0) is 4.79 Å². The van der Waals surface area contributed by atoms with Crippen molar-refractivity contribution in [3.8, 4) is 0 Å². The largest absolute Gasteiger partial charge is 0.391 e. The molecule has 0 radical (unpaired) electrons. The van der Waals surface area contributed by atoms with Crippen LogP contribution in [0.25, 0.3) is 0 Å². The van der Waals surface area contributed by atoms with Crippen molar-refractivity contribution in [3.05, 3.63) is 0 Å². The molecule has 4 heteroatoms. The third-order valence-electron chi connectivity index (χ3n) is 2.87. The van der Waals surface area contributed by atoms with Crippen LogP contribution in [0.5, 0.6) is 0 Å². The van der Waals surface area contributed by atoms with E-state index >= 15 is 0 Å². The fourth-order valence-electron chi connectivity index (χ4n) is 1.80. The highest BCUT2D eigenvalue weighted by Crippen LogP contribution is 2.18. The molecule has 2 aliphatic rings. The standard InChI is InChI=1S/C10H18N2O2/c13-9-4-6-12(7-9)10(14)3-5-11-8-1-2-8/h8-9,11,13H,1-7H2/t9-/m0/s1. The molecule has 0 bridgehead atoms. The van der Waals surface area contributed by atoms with Gasteiger partial charge in [-0.1, -0.05) is 0 Å². The highest BCUT2D eigenvalue weighted by atomic mass is 16.3. The zero-order chi connectivity index (χ0) is 9.97. The Labute approximate surface area is 84.3 Å². The first kappa shape index (κ1) is 9.93. The Morgan fingerprint density at radius 1 is 1.43 bits per heavy atom. The third kappa shape index (κ3) is 2.69. The van der Waals surface area contributed by atoms with Gasteiger partial charge in [0.25, 0.3) is 0 Å². The van der Waals surface area contributed by atoms with Gasteiger partial charge in [0, 0.05) is 32.1 Å². The second-order valence-corrected chi connectivity index (χ2v) is 4.26. The Balaban J connectivity index is 1.61. The second kappa shape index (κ2) is 4.28. The number of carbonyl (C=O) groups excluding carboxylic acids is 1. The molecule has 1 atom stereocenters. The fraction of sp³-hybridized carbons (Fsp3) is 0.900. The molecule has 2 rings (SSSR count). The summed E-state index contributed by atoms with van der Waals surface area (Å²) in [5, 5.41) is 12.6. The summed E-state index contributed by atoms with van der Waals surface area (Å²) in [7, 11) is 0. The van der Waals surface area contributed by atoms with Crippen LogP contribution in [0.3, 0.4) is 0 Å². The quantitative estimate of drug-likeness (QED) is 0.653. The molecule has 1 heterocycles. The monoisotopic (exact) mass is 198 g/mol. The fourth-order valence-corrected chi connectivity index (χ4v) is 1.80. The molecule has 0 aromatic carbocycles.